The highest BCUT2D eigenvalue weighted by atomic mass is 79.9. The summed E-state index contributed by atoms with van der Waals surface area (Å²) < 4.78 is 8.96. The molecule has 4 heteroatoms. The summed E-state index contributed by atoms with van der Waals surface area (Å²) in [6.45, 7) is 2.63. The average Bonchev–Trinajstić information content (AvgIpc) is 2.99. The second-order valence-corrected chi connectivity index (χ2v) is 6.69. The zero-order valence-corrected chi connectivity index (χ0v) is 15.4. The van der Waals surface area contributed by atoms with Crippen LogP contribution in [0.4, 0.5) is 0 Å². The van der Waals surface area contributed by atoms with Crippen LogP contribution in [0.1, 0.15) is 11.1 Å². The second-order valence-electron chi connectivity index (χ2n) is 5.93. The highest BCUT2D eigenvalue weighted by Gasteiger charge is 2.12. The number of benzene rings is 2. The lowest BCUT2D eigenvalue weighted by atomic mass is 10.1. The average molecular weight is 393 g/mol. The van der Waals surface area contributed by atoms with E-state index in [-0.39, 0.29) is 0 Å². The SMILES string of the molecule is Cc1cc(-c2nc3ccccn3c2Br)ccc1OCc1ccccc1. The molecule has 4 rings (SSSR count). The molecule has 4 aromatic rings. The van der Waals surface area contributed by atoms with Crippen molar-refractivity contribution in [3.8, 4) is 17.0 Å². The summed E-state index contributed by atoms with van der Waals surface area (Å²) in [4.78, 5) is 4.72. The van der Waals surface area contributed by atoms with E-state index in [0.717, 1.165) is 38.4 Å². The predicted octanol–water partition coefficient (Wildman–Crippen LogP) is 5.65. The monoisotopic (exact) mass is 392 g/mol. The van der Waals surface area contributed by atoms with Crippen LogP contribution < -0.4 is 4.74 Å². The summed E-state index contributed by atoms with van der Waals surface area (Å²) in [7, 11) is 0. The molecule has 0 radical (unpaired) electrons. The normalized spacial score (nSPS) is 11.0. The van der Waals surface area contributed by atoms with Crippen LogP contribution in [0, 0.1) is 6.92 Å². The molecule has 0 N–H and O–H groups in total. The molecule has 0 aliphatic rings. The fourth-order valence-electron chi connectivity index (χ4n) is 2.84. The number of hydrogen-bond acceptors (Lipinski definition) is 2. The highest BCUT2D eigenvalue weighted by Crippen LogP contribution is 2.31. The van der Waals surface area contributed by atoms with Crippen molar-refractivity contribution in [1.29, 1.82) is 0 Å². The Morgan fingerprint density at radius 3 is 2.56 bits per heavy atom. The van der Waals surface area contributed by atoms with Crippen molar-refractivity contribution in [1.82, 2.24) is 9.38 Å². The number of ether oxygens (including phenoxy) is 1. The van der Waals surface area contributed by atoms with Crippen LogP contribution in [0.15, 0.2) is 77.5 Å². The number of nitrogens with zero attached hydrogens (tertiary/aromatic N) is 2. The van der Waals surface area contributed by atoms with Gasteiger partial charge in [-0.15, -0.1) is 0 Å². The van der Waals surface area contributed by atoms with E-state index in [0.29, 0.717) is 6.61 Å². The fourth-order valence-corrected chi connectivity index (χ4v) is 3.46. The van der Waals surface area contributed by atoms with Gasteiger partial charge in [0.15, 0.2) is 0 Å². The van der Waals surface area contributed by atoms with E-state index in [4.69, 9.17) is 9.72 Å². The van der Waals surface area contributed by atoms with Crippen LogP contribution in [0.25, 0.3) is 16.9 Å². The van der Waals surface area contributed by atoms with E-state index in [1.54, 1.807) is 0 Å². The minimum absolute atomic E-state index is 0.569. The molecule has 124 valence electrons. The molecule has 2 heterocycles. The molecule has 0 bridgehead atoms. The van der Waals surface area contributed by atoms with Crippen molar-refractivity contribution in [3.05, 3.63) is 88.7 Å². The number of imidazole rings is 1. The third kappa shape index (κ3) is 3.17. The van der Waals surface area contributed by atoms with Gasteiger partial charge >= 0.3 is 0 Å². The van der Waals surface area contributed by atoms with E-state index in [9.17, 15) is 0 Å². The number of fused-ring (bicyclic) bond motifs is 1. The Bertz CT molecular complexity index is 1020. The molecule has 0 unspecified atom stereocenters. The third-order valence-corrected chi connectivity index (χ3v) is 4.91. The maximum Gasteiger partial charge on any atom is 0.138 e. The fraction of sp³-hybridized carbons (Fsp3) is 0.0952. The molecule has 0 aliphatic heterocycles. The van der Waals surface area contributed by atoms with Crippen molar-refractivity contribution in [2.75, 3.05) is 0 Å². The van der Waals surface area contributed by atoms with Gasteiger partial charge in [0.25, 0.3) is 0 Å². The number of aromatic nitrogens is 2. The lowest BCUT2D eigenvalue weighted by molar-refractivity contribution is 0.304. The molecule has 0 aliphatic carbocycles. The first-order chi connectivity index (χ1) is 12.2. The number of rotatable bonds is 4. The smallest absolute Gasteiger partial charge is 0.138 e. The van der Waals surface area contributed by atoms with E-state index >= 15 is 0 Å². The van der Waals surface area contributed by atoms with Gasteiger partial charge in [-0.3, -0.25) is 4.40 Å². The third-order valence-electron chi connectivity index (χ3n) is 4.16. The quantitative estimate of drug-likeness (QED) is 0.448. The van der Waals surface area contributed by atoms with Crippen molar-refractivity contribution < 1.29 is 4.74 Å². The summed E-state index contributed by atoms with van der Waals surface area (Å²) in [5.41, 5.74) is 5.18. The van der Waals surface area contributed by atoms with Gasteiger partial charge in [0, 0.05) is 11.8 Å². The summed E-state index contributed by atoms with van der Waals surface area (Å²) in [5, 5.41) is 0. The maximum absolute atomic E-state index is 5.97. The largest absolute Gasteiger partial charge is 0.489 e. The topological polar surface area (TPSA) is 26.5 Å². The van der Waals surface area contributed by atoms with Gasteiger partial charge in [-0.2, -0.15) is 0 Å². The Kier molecular flexibility index (Phi) is 4.28. The van der Waals surface area contributed by atoms with Crippen molar-refractivity contribution in [2.45, 2.75) is 13.5 Å². The van der Waals surface area contributed by atoms with Gasteiger partial charge < -0.3 is 4.74 Å². The van der Waals surface area contributed by atoms with Crippen LogP contribution in [0.3, 0.4) is 0 Å². The van der Waals surface area contributed by atoms with Gasteiger partial charge in [0.2, 0.25) is 0 Å². The molecule has 0 fully saturated rings. The predicted molar refractivity (Wildman–Crippen MR) is 104 cm³/mol. The van der Waals surface area contributed by atoms with Gasteiger partial charge in [-0.1, -0.05) is 36.4 Å². The molecule has 2 aromatic heterocycles. The van der Waals surface area contributed by atoms with Crippen LogP contribution >= 0.6 is 15.9 Å². The molecule has 0 atom stereocenters. The van der Waals surface area contributed by atoms with Crippen LogP contribution in [0.5, 0.6) is 5.75 Å². The molecule has 0 saturated heterocycles. The number of hydrogen-bond donors (Lipinski definition) is 0. The van der Waals surface area contributed by atoms with E-state index < -0.39 is 0 Å². The van der Waals surface area contributed by atoms with Crippen LogP contribution in [-0.2, 0) is 6.61 Å². The van der Waals surface area contributed by atoms with Crippen LogP contribution in [0.2, 0.25) is 0 Å². The second kappa shape index (κ2) is 6.73. The summed E-state index contributed by atoms with van der Waals surface area (Å²) in [6.07, 6.45) is 2.00. The number of halogens is 1. The minimum Gasteiger partial charge on any atom is -0.489 e. The lowest BCUT2D eigenvalue weighted by Crippen LogP contribution is -1.97. The molecule has 3 nitrogen and oxygen atoms in total. The molecule has 0 amide bonds. The first-order valence-corrected chi connectivity index (χ1v) is 8.92. The first kappa shape index (κ1) is 15.9. The van der Waals surface area contributed by atoms with Gasteiger partial charge in [0.05, 0.1) is 0 Å². The molecular formula is C21H17BrN2O. The Morgan fingerprint density at radius 1 is 1.00 bits per heavy atom. The maximum atomic E-state index is 5.97. The van der Waals surface area contributed by atoms with Crippen molar-refractivity contribution in [2.24, 2.45) is 0 Å². The molecule has 2 aromatic carbocycles. The first-order valence-electron chi connectivity index (χ1n) is 8.13. The van der Waals surface area contributed by atoms with E-state index in [1.165, 1.54) is 0 Å². The Balaban J connectivity index is 1.61. The van der Waals surface area contributed by atoms with Crippen LogP contribution in [-0.4, -0.2) is 9.38 Å². The molecule has 0 spiro atoms. The summed E-state index contributed by atoms with van der Waals surface area (Å²) in [6, 6.07) is 22.4. The number of aryl methyl sites for hydroxylation is 1. The lowest BCUT2D eigenvalue weighted by Gasteiger charge is -2.10. The summed E-state index contributed by atoms with van der Waals surface area (Å²) in [5.74, 6) is 0.896. The highest BCUT2D eigenvalue weighted by molar-refractivity contribution is 9.10. The zero-order chi connectivity index (χ0) is 17.2. The standard InChI is InChI=1S/C21H17BrN2O/c1-15-13-17(20-21(22)24-12-6-5-9-19(24)23-20)10-11-18(15)25-14-16-7-3-2-4-8-16/h2-13H,14H2,1H3. The van der Waals surface area contributed by atoms with Crippen molar-refractivity contribution in [3.63, 3.8) is 0 Å². The number of pyridine rings is 1. The van der Waals surface area contributed by atoms with Crippen molar-refractivity contribution >= 4 is 21.6 Å². The molecule has 25 heavy (non-hydrogen) atoms. The summed E-state index contributed by atoms with van der Waals surface area (Å²) >= 11 is 3.66. The Labute approximate surface area is 155 Å². The Morgan fingerprint density at radius 2 is 1.80 bits per heavy atom. The zero-order valence-electron chi connectivity index (χ0n) is 13.8. The van der Waals surface area contributed by atoms with E-state index in [1.807, 2.05) is 53.1 Å². The van der Waals surface area contributed by atoms with Gasteiger partial charge in [-0.25, -0.2) is 4.98 Å². The minimum atomic E-state index is 0.569. The molecule has 0 saturated carbocycles. The van der Waals surface area contributed by atoms with E-state index in [2.05, 4.69) is 47.1 Å². The van der Waals surface area contributed by atoms with Gasteiger partial charge in [0.1, 0.15) is 28.3 Å². The molecular weight excluding hydrogens is 376 g/mol. The van der Waals surface area contributed by atoms with Gasteiger partial charge in [-0.05, 0) is 64.3 Å². The Hall–Kier alpha value is -2.59.